The van der Waals surface area contributed by atoms with Crippen LogP contribution in [0.1, 0.15) is 19.9 Å². The number of benzene rings is 1. The van der Waals surface area contributed by atoms with Crippen LogP contribution in [0.2, 0.25) is 0 Å². The Kier molecular flexibility index (Phi) is 4.40. The largest absolute Gasteiger partial charge is 0.354 e. The van der Waals surface area contributed by atoms with Gasteiger partial charge in [0.1, 0.15) is 0 Å². The van der Waals surface area contributed by atoms with E-state index >= 15 is 0 Å². The van der Waals surface area contributed by atoms with Crippen LogP contribution in [0.5, 0.6) is 0 Å². The lowest BCUT2D eigenvalue weighted by molar-refractivity contribution is -0.698. The van der Waals surface area contributed by atoms with Crippen molar-refractivity contribution < 1.29 is 4.57 Å². The van der Waals surface area contributed by atoms with E-state index in [1.807, 2.05) is 56.2 Å². The van der Waals surface area contributed by atoms with Gasteiger partial charge in [0.15, 0.2) is 0 Å². The summed E-state index contributed by atoms with van der Waals surface area (Å²) in [7, 11) is 7.94. The Morgan fingerprint density at radius 1 is 0.905 bits per heavy atom. The lowest BCUT2D eigenvalue weighted by Gasteiger charge is -2.19. The normalized spacial score (nSPS) is 10.8. The second-order valence-corrected chi connectivity index (χ2v) is 5.77. The van der Waals surface area contributed by atoms with Gasteiger partial charge in [-0.2, -0.15) is 0 Å². The number of nitrogens with zero attached hydrogens (tertiary/aromatic N) is 5. The molecule has 112 valence electrons. The van der Waals surface area contributed by atoms with Crippen LogP contribution in [-0.4, -0.2) is 38.2 Å². The first-order valence-corrected chi connectivity index (χ1v) is 7.15. The molecule has 2 aromatic rings. The summed E-state index contributed by atoms with van der Waals surface area (Å²) in [4.78, 5) is 13.4. The fraction of sp³-hybridized carbons (Fsp3) is 0.438. The number of hydrogen-bond acceptors (Lipinski definition) is 4. The summed E-state index contributed by atoms with van der Waals surface area (Å²) >= 11 is 0. The minimum absolute atomic E-state index is 0.272. The summed E-state index contributed by atoms with van der Waals surface area (Å²) in [5.74, 6) is 2.56. The van der Waals surface area contributed by atoms with Crippen molar-refractivity contribution in [3.8, 4) is 11.4 Å². The van der Waals surface area contributed by atoms with Crippen LogP contribution in [0.25, 0.3) is 11.4 Å². The predicted molar refractivity (Wildman–Crippen MR) is 86.7 cm³/mol. The van der Waals surface area contributed by atoms with Crippen molar-refractivity contribution in [3.05, 3.63) is 30.3 Å². The van der Waals surface area contributed by atoms with Crippen LogP contribution in [0.15, 0.2) is 30.3 Å². The third-order valence-corrected chi connectivity index (χ3v) is 3.20. The fourth-order valence-electron chi connectivity index (χ4n) is 2.19. The Bertz CT molecular complexity index is 606. The van der Waals surface area contributed by atoms with Gasteiger partial charge in [-0.1, -0.05) is 28.2 Å². The van der Waals surface area contributed by atoms with E-state index in [0.717, 1.165) is 23.3 Å². The number of hydrogen-bond donors (Lipinski definition) is 0. The molecule has 5 heteroatoms. The fourth-order valence-corrected chi connectivity index (χ4v) is 2.19. The summed E-state index contributed by atoms with van der Waals surface area (Å²) < 4.78 is 2.17. The standard InChI is InChI=1S/C16H24N5/c1-12(2)21-14(13-10-8-7-9-11-13)17-15(19(3)4)18-16(21)20(5)6/h7-12H,1-6H3/q+1. The number of anilines is 2. The molecule has 0 saturated heterocycles. The van der Waals surface area contributed by atoms with Crippen molar-refractivity contribution >= 4 is 11.9 Å². The Morgan fingerprint density at radius 3 is 2.00 bits per heavy atom. The van der Waals surface area contributed by atoms with Gasteiger partial charge < -0.3 is 4.90 Å². The van der Waals surface area contributed by atoms with E-state index in [2.05, 4.69) is 35.5 Å². The first kappa shape index (κ1) is 15.2. The molecule has 2 rings (SSSR count). The third kappa shape index (κ3) is 3.12. The lowest BCUT2D eigenvalue weighted by Crippen LogP contribution is -2.46. The summed E-state index contributed by atoms with van der Waals surface area (Å²) in [5.41, 5.74) is 1.10. The molecule has 1 aromatic carbocycles. The van der Waals surface area contributed by atoms with Gasteiger partial charge in [0, 0.05) is 33.8 Å². The average molecular weight is 286 g/mol. The van der Waals surface area contributed by atoms with Crippen LogP contribution in [0, 0.1) is 0 Å². The highest BCUT2D eigenvalue weighted by molar-refractivity contribution is 5.54. The van der Waals surface area contributed by atoms with E-state index in [0.29, 0.717) is 0 Å². The van der Waals surface area contributed by atoms with Gasteiger partial charge in [0.05, 0.1) is 6.04 Å². The van der Waals surface area contributed by atoms with E-state index in [9.17, 15) is 0 Å². The maximum Gasteiger partial charge on any atom is 0.354 e. The molecule has 0 unspecified atom stereocenters. The molecule has 0 atom stereocenters. The molecule has 1 aromatic heterocycles. The summed E-state index contributed by atoms with van der Waals surface area (Å²) in [6, 6.07) is 10.5. The third-order valence-electron chi connectivity index (χ3n) is 3.20. The Labute approximate surface area is 126 Å². The summed E-state index contributed by atoms with van der Waals surface area (Å²) in [5, 5.41) is 0. The van der Waals surface area contributed by atoms with Gasteiger partial charge >= 0.3 is 11.9 Å². The molecule has 0 fully saturated rings. The van der Waals surface area contributed by atoms with Crippen LogP contribution in [-0.2, 0) is 0 Å². The van der Waals surface area contributed by atoms with Crippen LogP contribution in [0.4, 0.5) is 11.9 Å². The van der Waals surface area contributed by atoms with Gasteiger partial charge in [-0.15, -0.1) is 0 Å². The Morgan fingerprint density at radius 2 is 1.52 bits per heavy atom. The molecular formula is C16H24N5+. The Hall–Kier alpha value is -2.17. The lowest BCUT2D eigenvalue weighted by atomic mass is 10.2. The monoisotopic (exact) mass is 286 g/mol. The maximum atomic E-state index is 4.76. The van der Waals surface area contributed by atoms with Gasteiger partial charge in [-0.3, -0.25) is 4.90 Å². The van der Waals surface area contributed by atoms with Crippen molar-refractivity contribution in [1.82, 2.24) is 9.97 Å². The first-order chi connectivity index (χ1) is 9.91. The molecule has 0 saturated carbocycles. The summed E-state index contributed by atoms with van der Waals surface area (Å²) in [6.07, 6.45) is 0. The molecule has 0 aliphatic heterocycles. The second-order valence-electron chi connectivity index (χ2n) is 5.77. The maximum absolute atomic E-state index is 4.76. The molecule has 0 bridgehead atoms. The van der Waals surface area contributed by atoms with E-state index < -0.39 is 0 Å². The molecule has 0 spiro atoms. The molecule has 0 aliphatic rings. The average Bonchev–Trinajstić information content (AvgIpc) is 2.46. The predicted octanol–water partition coefficient (Wildman–Crippen LogP) is 2.14. The minimum atomic E-state index is 0.272. The highest BCUT2D eigenvalue weighted by Crippen LogP contribution is 2.20. The smallest absolute Gasteiger partial charge is 0.326 e. The first-order valence-electron chi connectivity index (χ1n) is 7.15. The van der Waals surface area contributed by atoms with Crippen molar-refractivity contribution in [2.75, 3.05) is 38.0 Å². The molecule has 1 heterocycles. The molecule has 5 nitrogen and oxygen atoms in total. The van der Waals surface area contributed by atoms with Crippen LogP contribution < -0.4 is 14.4 Å². The minimum Gasteiger partial charge on any atom is -0.326 e. The van der Waals surface area contributed by atoms with E-state index in [1.165, 1.54) is 0 Å². The van der Waals surface area contributed by atoms with E-state index in [-0.39, 0.29) is 6.04 Å². The van der Waals surface area contributed by atoms with Gasteiger partial charge in [-0.25, -0.2) is 4.57 Å². The molecule has 0 radical (unpaired) electrons. The van der Waals surface area contributed by atoms with Crippen molar-refractivity contribution in [2.45, 2.75) is 19.9 Å². The van der Waals surface area contributed by atoms with Gasteiger partial charge in [0.25, 0.3) is 0 Å². The van der Waals surface area contributed by atoms with Crippen LogP contribution >= 0.6 is 0 Å². The molecular weight excluding hydrogens is 262 g/mol. The van der Waals surface area contributed by atoms with Crippen molar-refractivity contribution in [1.29, 1.82) is 0 Å². The summed E-state index contributed by atoms with van der Waals surface area (Å²) in [6.45, 7) is 4.30. The topological polar surface area (TPSA) is 36.1 Å². The number of rotatable bonds is 4. The van der Waals surface area contributed by atoms with Crippen molar-refractivity contribution in [2.24, 2.45) is 0 Å². The van der Waals surface area contributed by atoms with Gasteiger partial charge in [-0.05, 0) is 26.0 Å². The molecule has 21 heavy (non-hydrogen) atoms. The zero-order valence-corrected chi connectivity index (χ0v) is 13.7. The van der Waals surface area contributed by atoms with Gasteiger partial charge in [0.2, 0.25) is 5.82 Å². The van der Waals surface area contributed by atoms with E-state index in [1.54, 1.807) is 0 Å². The highest BCUT2D eigenvalue weighted by Gasteiger charge is 2.26. The zero-order valence-electron chi connectivity index (χ0n) is 13.7. The van der Waals surface area contributed by atoms with Crippen LogP contribution in [0.3, 0.4) is 0 Å². The quantitative estimate of drug-likeness (QED) is 0.807. The molecule has 0 aliphatic carbocycles. The number of aromatic nitrogens is 3. The SMILES string of the molecule is CC(C)[n+]1c(-c2ccccc2)nc(N(C)C)nc1N(C)C. The van der Waals surface area contributed by atoms with E-state index in [4.69, 9.17) is 4.98 Å². The molecule has 0 amide bonds. The Balaban J connectivity index is 2.76. The second kappa shape index (κ2) is 6.08. The van der Waals surface area contributed by atoms with Crippen molar-refractivity contribution in [3.63, 3.8) is 0 Å². The zero-order chi connectivity index (χ0) is 15.6. The highest BCUT2D eigenvalue weighted by atomic mass is 15.4. The molecule has 0 N–H and O–H groups in total.